The molecule has 0 saturated carbocycles. The number of thiazole rings is 2. The summed E-state index contributed by atoms with van der Waals surface area (Å²) in [5, 5.41) is 12.0. The smallest absolute Gasteiger partial charge is 0.230 e. The van der Waals surface area contributed by atoms with Gasteiger partial charge in [0.2, 0.25) is 5.91 Å². The highest BCUT2D eigenvalue weighted by atomic mass is 32.1. The minimum absolute atomic E-state index is 0.0968. The van der Waals surface area contributed by atoms with Crippen molar-refractivity contribution in [2.45, 2.75) is 6.92 Å². The standard InChI is InChI=1S/C21H12F2N4OS2/c1-12(28)27(18-7-6-14(22)9-16(18)23)21-25-15(11-29-21)8-13(10-24)20-26-17-4-2-3-5-19(17)30-20/h2-9,11H,1H3/b13-8+. The number of anilines is 2. The van der Waals surface area contributed by atoms with Crippen LogP contribution in [0.3, 0.4) is 0 Å². The van der Waals surface area contributed by atoms with Crippen molar-refractivity contribution in [3.05, 3.63) is 70.2 Å². The van der Waals surface area contributed by atoms with Gasteiger partial charge in [-0.2, -0.15) is 5.26 Å². The number of fused-ring (bicyclic) bond motifs is 1. The van der Waals surface area contributed by atoms with Crippen LogP contribution in [-0.4, -0.2) is 15.9 Å². The Morgan fingerprint density at radius 1 is 1.20 bits per heavy atom. The number of aromatic nitrogens is 2. The zero-order chi connectivity index (χ0) is 21.3. The van der Waals surface area contributed by atoms with Crippen LogP contribution in [-0.2, 0) is 4.79 Å². The van der Waals surface area contributed by atoms with Crippen LogP contribution in [0.1, 0.15) is 17.6 Å². The molecule has 5 nitrogen and oxygen atoms in total. The van der Waals surface area contributed by atoms with Crippen molar-refractivity contribution < 1.29 is 13.6 Å². The number of allylic oxidation sites excluding steroid dienone is 1. The van der Waals surface area contributed by atoms with Gasteiger partial charge in [0, 0.05) is 18.4 Å². The number of hydrogen-bond acceptors (Lipinski definition) is 6. The Balaban J connectivity index is 1.71. The summed E-state index contributed by atoms with van der Waals surface area (Å²) < 4.78 is 28.4. The Kier molecular flexibility index (Phi) is 5.35. The fourth-order valence-electron chi connectivity index (χ4n) is 2.79. The first-order valence-corrected chi connectivity index (χ1v) is 10.3. The molecule has 0 aliphatic rings. The first-order chi connectivity index (χ1) is 14.5. The summed E-state index contributed by atoms with van der Waals surface area (Å²) in [5.41, 5.74) is 1.46. The maximum atomic E-state index is 14.2. The highest BCUT2D eigenvalue weighted by Gasteiger charge is 2.21. The Hall–Kier alpha value is -3.48. The first-order valence-electron chi connectivity index (χ1n) is 8.65. The average Bonchev–Trinajstić information content (AvgIpc) is 3.34. The van der Waals surface area contributed by atoms with Crippen molar-refractivity contribution in [3.63, 3.8) is 0 Å². The van der Waals surface area contributed by atoms with Gasteiger partial charge in [0.05, 0.1) is 27.2 Å². The van der Waals surface area contributed by atoms with Crippen LogP contribution in [0, 0.1) is 23.0 Å². The maximum Gasteiger partial charge on any atom is 0.230 e. The lowest BCUT2D eigenvalue weighted by Crippen LogP contribution is -2.23. The van der Waals surface area contributed by atoms with E-state index in [1.165, 1.54) is 24.3 Å². The molecule has 0 atom stereocenters. The molecule has 30 heavy (non-hydrogen) atoms. The van der Waals surface area contributed by atoms with E-state index in [2.05, 4.69) is 16.0 Å². The van der Waals surface area contributed by atoms with E-state index in [1.54, 1.807) is 11.5 Å². The SMILES string of the molecule is CC(=O)N(c1nc(/C=C(\C#N)c2nc3ccccc3s2)cs1)c1ccc(F)cc1F. The van der Waals surface area contributed by atoms with Crippen LogP contribution >= 0.6 is 22.7 Å². The predicted octanol–water partition coefficient (Wildman–Crippen LogP) is 5.78. The number of benzene rings is 2. The van der Waals surface area contributed by atoms with Gasteiger partial charge >= 0.3 is 0 Å². The summed E-state index contributed by atoms with van der Waals surface area (Å²) in [7, 11) is 0. The number of hydrogen-bond donors (Lipinski definition) is 0. The lowest BCUT2D eigenvalue weighted by Gasteiger charge is -2.18. The van der Waals surface area contributed by atoms with Crippen molar-refractivity contribution in [2.24, 2.45) is 0 Å². The normalized spacial score (nSPS) is 11.5. The van der Waals surface area contributed by atoms with Gasteiger partial charge in [0.25, 0.3) is 0 Å². The molecule has 2 aromatic carbocycles. The summed E-state index contributed by atoms with van der Waals surface area (Å²) >= 11 is 2.50. The first kappa shape index (κ1) is 19.8. The molecule has 1 amide bonds. The molecule has 0 unspecified atom stereocenters. The van der Waals surface area contributed by atoms with Gasteiger partial charge in [-0.05, 0) is 30.3 Å². The van der Waals surface area contributed by atoms with Gasteiger partial charge in [-0.15, -0.1) is 22.7 Å². The average molecular weight is 438 g/mol. The second kappa shape index (κ2) is 8.10. The van der Waals surface area contributed by atoms with Gasteiger partial charge in [0.15, 0.2) is 5.13 Å². The van der Waals surface area contributed by atoms with Gasteiger partial charge < -0.3 is 0 Å². The lowest BCUT2D eigenvalue weighted by atomic mass is 10.2. The molecule has 9 heteroatoms. The molecule has 2 heterocycles. The van der Waals surface area contributed by atoms with E-state index in [9.17, 15) is 18.8 Å². The topological polar surface area (TPSA) is 69.9 Å². The highest BCUT2D eigenvalue weighted by molar-refractivity contribution is 7.19. The molecule has 148 valence electrons. The number of carbonyl (C=O) groups is 1. The molecule has 2 aromatic heterocycles. The summed E-state index contributed by atoms with van der Waals surface area (Å²) in [6, 6.07) is 12.7. The largest absolute Gasteiger partial charge is 0.274 e. The van der Waals surface area contributed by atoms with Gasteiger partial charge in [-0.3, -0.25) is 9.69 Å². The highest BCUT2D eigenvalue weighted by Crippen LogP contribution is 2.33. The van der Waals surface area contributed by atoms with Crippen LogP contribution in [0.15, 0.2) is 47.8 Å². The van der Waals surface area contributed by atoms with Crippen LogP contribution in [0.5, 0.6) is 0 Å². The van der Waals surface area contributed by atoms with E-state index in [0.29, 0.717) is 22.3 Å². The molecule has 0 aliphatic carbocycles. The fourth-order valence-corrected chi connectivity index (χ4v) is 4.56. The minimum Gasteiger partial charge on any atom is -0.274 e. The number of nitrogens with zero attached hydrogens (tertiary/aromatic N) is 4. The third kappa shape index (κ3) is 3.83. The van der Waals surface area contributed by atoms with E-state index in [0.717, 1.165) is 32.5 Å². The van der Waals surface area contributed by atoms with E-state index in [1.807, 2.05) is 24.3 Å². The summed E-state index contributed by atoms with van der Waals surface area (Å²) in [6.45, 7) is 1.27. The molecule has 0 bridgehead atoms. The molecule has 4 aromatic rings. The quantitative estimate of drug-likeness (QED) is 0.379. The lowest BCUT2D eigenvalue weighted by molar-refractivity contribution is -0.115. The third-order valence-corrected chi connectivity index (χ3v) is 6.02. The molecule has 0 N–H and O–H groups in total. The Labute approximate surface area is 178 Å². The van der Waals surface area contributed by atoms with Crippen molar-refractivity contribution >= 4 is 61.3 Å². The van der Waals surface area contributed by atoms with Crippen LogP contribution in [0.25, 0.3) is 21.9 Å². The molecule has 4 rings (SSSR count). The number of halogens is 2. The Morgan fingerprint density at radius 3 is 2.70 bits per heavy atom. The summed E-state index contributed by atoms with van der Waals surface area (Å²) in [6.07, 6.45) is 1.57. The Morgan fingerprint density at radius 2 is 2.00 bits per heavy atom. The molecular formula is C21H12F2N4OS2. The van der Waals surface area contributed by atoms with E-state index in [4.69, 9.17) is 0 Å². The van der Waals surface area contributed by atoms with E-state index in [-0.39, 0.29) is 10.8 Å². The van der Waals surface area contributed by atoms with Crippen molar-refractivity contribution in [3.8, 4) is 6.07 Å². The summed E-state index contributed by atoms with van der Waals surface area (Å²) in [4.78, 5) is 22.0. The number of rotatable bonds is 4. The summed E-state index contributed by atoms with van der Waals surface area (Å²) in [5.74, 6) is -2.08. The van der Waals surface area contributed by atoms with Crippen LogP contribution in [0.4, 0.5) is 19.6 Å². The number of carbonyl (C=O) groups excluding carboxylic acids is 1. The number of nitriles is 1. The molecule has 0 saturated heterocycles. The minimum atomic E-state index is -0.871. The fraction of sp³-hybridized carbons (Fsp3) is 0.0476. The zero-order valence-corrected chi connectivity index (χ0v) is 17.1. The second-order valence-electron chi connectivity index (χ2n) is 6.16. The van der Waals surface area contributed by atoms with Crippen molar-refractivity contribution in [1.29, 1.82) is 5.26 Å². The number of amides is 1. The van der Waals surface area contributed by atoms with Crippen molar-refractivity contribution in [2.75, 3.05) is 4.90 Å². The number of para-hydroxylation sites is 1. The van der Waals surface area contributed by atoms with Gasteiger partial charge in [0.1, 0.15) is 22.7 Å². The van der Waals surface area contributed by atoms with Gasteiger partial charge in [-0.25, -0.2) is 18.7 Å². The monoisotopic (exact) mass is 438 g/mol. The molecule has 0 fully saturated rings. The molecule has 0 spiro atoms. The third-order valence-electron chi connectivity index (χ3n) is 4.10. The molecule has 0 radical (unpaired) electrons. The molecular weight excluding hydrogens is 426 g/mol. The Bertz CT molecular complexity index is 1300. The second-order valence-corrected chi connectivity index (χ2v) is 8.03. The van der Waals surface area contributed by atoms with Crippen LogP contribution in [0.2, 0.25) is 0 Å². The maximum absolute atomic E-state index is 14.2. The van der Waals surface area contributed by atoms with Crippen LogP contribution < -0.4 is 4.90 Å². The predicted molar refractivity (Wildman–Crippen MR) is 114 cm³/mol. The zero-order valence-electron chi connectivity index (χ0n) is 15.5. The van der Waals surface area contributed by atoms with E-state index < -0.39 is 17.5 Å². The van der Waals surface area contributed by atoms with E-state index >= 15 is 0 Å². The molecule has 0 aliphatic heterocycles. The van der Waals surface area contributed by atoms with Gasteiger partial charge in [-0.1, -0.05) is 12.1 Å². The van der Waals surface area contributed by atoms with Crippen molar-refractivity contribution in [1.82, 2.24) is 9.97 Å².